The largest absolute Gasteiger partial charge is 0.511 e. The number of fused-ring (bicyclic) bond motifs is 5. The van der Waals surface area contributed by atoms with E-state index in [1.54, 1.807) is 13.8 Å². The Labute approximate surface area is 492 Å². The number of ketones is 1. The summed E-state index contributed by atoms with van der Waals surface area (Å²) < 4.78 is 33.5. The first-order chi connectivity index (χ1) is 39.1. The van der Waals surface area contributed by atoms with E-state index in [4.69, 9.17) is 28.4 Å². The SMILES string of the molecule is CCCCCCCC/C=C\CCCCCCCC(=O)OCC(COC(=O)CCCCCCC/C=C\CCCCCCCC)OC(=O)CC(C)CC(=O)OC(C)OC(=O)O[C@H]1CC[C@@]2(C)[C@@H](CC[C@@H]3[C@@H]2CC[C@]2(C)[C@@H](C(C)=O)CC[C@@H]32)C1. The van der Waals surface area contributed by atoms with Crippen molar-refractivity contribution in [1.29, 1.82) is 0 Å². The van der Waals surface area contributed by atoms with Gasteiger partial charge in [-0.25, -0.2) is 4.79 Å². The number of esters is 4. The second-order valence-electron chi connectivity index (χ2n) is 26.0. The zero-order chi connectivity index (χ0) is 58.7. The predicted octanol–water partition coefficient (Wildman–Crippen LogP) is 18.1. The van der Waals surface area contributed by atoms with Crippen molar-refractivity contribution in [3.63, 3.8) is 0 Å². The van der Waals surface area contributed by atoms with E-state index in [1.165, 1.54) is 84.0 Å². The third kappa shape index (κ3) is 26.4. The molecule has 0 heterocycles. The van der Waals surface area contributed by atoms with Crippen LogP contribution in [0.5, 0.6) is 0 Å². The van der Waals surface area contributed by atoms with Crippen LogP contribution in [0.15, 0.2) is 24.3 Å². The molecule has 4 aliphatic rings. The number of unbranched alkanes of at least 4 members (excludes halogenated alkanes) is 22. The lowest BCUT2D eigenvalue weighted by Crippen LogP contribution is -2.54. The van der Waals surface area contributed by atoms with Crippen molar-refractivity contribution in [2.24, 2.45) is 46.3 Å². The average Bonchev–Trinajstić information content (AvgIpc) is 3.87. The molecule has 0 aromatic rings. The van der Waals surface area contributed by atoms with Crippen LogP contribution in [-0.2, 0) is 52.4 Å². The van der Waals surface area contributed by atoms with Crippen molar-refractivity contribution >= 4 is 35.8 Å². The Kier molecular flexibility index (Phi) is 34.3. The molecule has 0 saturated heterocycles. The lowest BCUT2D eigenvalue weighted by Gasteiger charge is -2.61. The molecule has 10 atom stereocenters. The fourth-order valence-electron chi connectivity index (χ4n) is 14.7. The number of Topliss-reactive ketones (excluding diaryl/α,β-unsaturated/α-hetero) is 1. The number of rotatable bonds is 43. The van der Waals surface area contributed by atoms with Gasteiger partial charge in [-0.2, -0.15) is 0 Å². The van der Waals surface area contributed by atoms with E-state index in [2.05, 4.69) is 52.0 Å². The Morgan fingerprint density at radius 2 is 0.951 bits per heavy atom. The monoisotopic (exact) mass is 1140 g/mol. The molecule has 0 spiro atoms. The third-order valence-corrected chi connectivity index (χ3v) is 19.4. The van der Waals surface area contributed by atoms with Crippen molar-refractivity contribution in [3.8, 4) is 0 Å². The number of hydrogen-bond donors (Lipinski definition) is 0. The third-order valence-electron chi connectivity index (χ3n) is 19.4. The highest BCUT2D eigenvalue weighted by atomic mass is 16.8. The van der Waals surface area contributed by atoms with Crippen LogP contribution in [0.3, 0.4) is 0 Å². The van der Waals surface area contributed by atoms with Gasteiger partial charge in [-0.05, 0) is 169 Å². The maximum absolute atomic E-state index is 13.3. The zero-order valence-electron chi connectivity index (χ0n) is 52.4. The standard InChI is InChI=1S/C69H116O12/c1-8-10-12-14-16-18-20-22-24-26-28-30-32-34-36-38-63(71)76-51-58(52-77-64(72)39-37-35-33-31-29-27-25-23-21-19-17-15-13-11-9-2)80-66(74)49-53(3)48-65(73)78-55(5)79-67(75)81-57-44-46-68(6)56(50-57)40-41-59-61-43-42-60(54(4)70)69(61,7)47-45-62(59)68/h22-25,53,55-62H,8-21,26-52H2,1-7H3/b24-22-,25-23-/t53?,55?,56-,57-,59-,60+,61-,62-,68-,69+/m0/s1. The summed E-state index contributed by atoms with van der Waals surface area (Å²) in [6, 6.07) is 0. The van der Waals surface area contributed by atoms with Crippen molar-refractivity contribution in [2.45, 2.75) is 317 Å². The van der Waals surface area contributed by atoms with Gasteiger partial charge in [0.15, 0.2) is 6.10 Å². The molecule has 0 aromatic carbocycles. The number of allylic oxidation sites excluding steroid dienone is 4. The molecule has 4 fully saturated rings. The Hall–Kier alpha value is -3.70. The normalized spacial score (nSPS) is 24.9. The minimum Gasteiger partial charge on any atom is -0.462 e. The minimum atomic E-state index is -1.19. The van der Waals surface area contributed by atoms with Gasteiger partial charge in [-0.15, -0.1) is 0 Å². The average molecular weight is 1140 g/mol. The second kappa shape index (κ2) is 39.8. The van der Waals surface area contributed by atoms with Crippen molar-refractivity contribution in [3.05, 3.63) is 24.3 Å². The summed E-state index contributed by atoms with van der Waals surface area (Å²) in [5, 5.41) is 0. The van der Waals surface area contributed by atoms with E-state index < -0.39 is 48.3 Å². The van der Waals surface area contributed by atoms with Crippen molar-refractivity contribution < 1.29 is 57.2 Å². The van der Waals surface area contributed by atoms with Gasteiger partial charge < -0.3 is 28.4 Å². The van der Waals surface area contributed by atoms with E-state index in [0.29, 0.717) is 42.3 Å². The second-order valence-corrected chi connectivity index (χ2v) is 26.0. The van der Waals surface area contributed by atoms with Crippen LogP contribution in [0.1, 0.15) is 299 Å². The molecule has 0 aromatic heterocycles. The van der Waals surface area contributed by atoms with Crippen LogP contribution >= 0.6 is 0 Å². The van der Waals surface area contributed by atoms with Crippen LogP contribution in [0.2, 0.25) is 0 Å². The van der Waals surface area contributed by atoms with Gasteiger partial charge in [0.2, 0.25) is 6.29 Å². The van der Waals surface area contributed by atoms with E-state index in [9.17, 15) is 28.8 Å². The molecule has 0 radical (unpaired) electrons. The maximum atomic E-state index is 13.3. The summed E-state index contributed by atoms with van der Waals surface area (Å²) in [6.45, 7) is 13.8. The first-order valence-electron chi connectivity index (χ1n) is 33.5. The molecule has 4 rings (SSSR count). The molecule has 0 bridgehead atoms. The van der Waals surface area contributed by atoms with Crippen molar-refractivity contribution in [1.82, 2.24) is 0 Å². The molecule has 4 saturated carbocycles. The van der Waals surface area contributed by atoms with Gasteiger partial charge in [-0.1, -0.05) is 162 Å². The zero-order valence-corrected chi connectivity index (χ0v) is 52.4. The highest BCUT2D eigenvalue weighted by Gasteiger charge is 2.61. The lowest BCUT2D eigenvalue weighted by molar-refractivity contribution is -0.173. The number of carbonyl (C=O) groups excluding carboxylic acids is 6. The maximum Gasteiger partial charge on any atom is 0.511 e. The summed E-state index contributed by atoms with van der Waals surface area (Å²) >= 11 is 0. The van der Waals surface area contributed by atoms with Crippen LogP contribution in [0, 0.1) is 46.3 Å². The summed E-state index contributed by atoms with van der Waals surface area (Å²) in [7, 11) is 0. The Morgan fingerprint density at radius 3 is 1.46 bits per heavy atom. The summed E-state index contributed by atoms with van der Waals surface area (Å²) in [4.78, 5) is 77.5. The van der Waals surface area contributed by atoms with Gasteiger partial charge in [-0.3, -0.25) is 24.0 Å². The van der Waals surface area contributed by atoms with Crippen molar-refractivity contribution in [2.75, 3.05) is 13.2 Å². The number of carbonyl (C=O) groups is 6. The van der Waals surface area contributed by atoms with E-state index in [0.717, 1.165) is 135 Å². The summed E-state index contributed by atoms with van der Waals surface area (Å²) in [5.74, 6) is 0.333. The van der Waals surface area contributed by atoms with Gasteiger partial charge >= 0.3 is 30.0 Å². The quantitative estimate of drug-likeness (QED) is 0.0187. The molecule has 464 valence electrons. The topological polar surface area (TPSA) is 158 Å². The van der Waals surface area contributed by atoms with E-state index in [-0.39, 0.29) is 61.7 Å². The fourth-order valence-corrected chi connectivity index (χ4v) is 14.7. The Bertz CT molecular complexity index is 1820. The number of hydrogen-bond acceptors (Lipinski definition) is 12. The van der Waals surface area contributed by atoms with Gasteiger partial charge in [0, 0.05) is 38.5 Å². The predicted molar refractivity (Wildman–Crippen MR) is 322 cm³/mol. The first-order valence-corrected chi connectivity index (χ1v) is 33.5. The fraction of sp³-hybridized carbons (Fsp3) is 0.855. The Balaban J connectivity index is 1.13. The van der Waals surface area contributed by atoms with E-state index in [1.807, 2.05) is 0 Å². The summed E-state index contributed by atoms with van der Waals surface area (Å²) in [5.41, 5.74) is 0.307. The highest BCUT2D eigenvalue weighted by molar-refractivity contribution is 5.79. The van der Waals surface area contributed by atoms with Gasteiger partial charge in [0.05, 0.1) is 0 Å². The molecular formula is C69H116O12. The molecular weight excluding hydrogens is 1020 g/mol. The van der Waals surface area contributed by atoms with E-state index >= 15 is 0 Å². The molecule has 0 aliphatic heterocycles. The lowest BCUT2D eigenvalue weighted by atomic mass is 9.44. The number of ether oxygens (including phenoxy) is 6. The molecule has 12 heteroatoms. The van der Waals surface area contributed by atoms with Crippen LogP contribution < -0.4 is 0 Å². The highest BCUT2D eigenvalue weighted by Crippen LogP contribution is 2.67. The molecule has 2 unspecified atom stereocenters. The van der Waals surface area contributed by atoms with Crippen LogP contribution in [-0.4, -0.2) is 67.5 Å². The van der Waals surface area contributed by atoms with Gasteiger partial charge in [0.1, 0.15) is 25.1 Å². The molecule has 0 amide bonds. The smallest absolute Gasteiger partial charge is 0.462 e. The first kappa shape index (κ1) is 69.8. The molecule has 12 nitrogen and oxygen atoms in total. The van der Waals surface area contributed by atoms with Crippen LogP contribution in [0.4, 0.5) is 4.79 Å². The molecule has 4 aliphatic carbocycles. The minimum absolute atomic E-state index is 0.125. The Morgan fingerprint density at radius 1 is 0.494 bits per heavy atom. The summed E-state index contributed by atoms with van der Waals surface area (Å²) in [6.07, 6.45) is 45.5. The van der Waals surface area contributed by atoms with Crippen LogP contribution in [0.25, 0.3) is 0 Å². The molecule has 0 N–H and O–H groups in total. The molecule has 81 heavy (non-hydrogen) atoms. The van der Waals surface area contributed by atoms with Gasteiger partial charge in [0.25, 0.3) is 0 Å².